The van der Waals surface area contributed by atoms with Crippen LogP contribution in [0, 0.1) is 11.3 Å². The number of hydrogen-bond acceptors (Lipinski definition) is 4. The zero-order chi connectivity index (χ0) is 14.7. The van der Waals surface area contributed by atoms with E-state index >= 15 is 0 Å². The van der Waals surface area contributed by atoms with Crippen LogP contribution in [0.3, 0.4) is 0 Å². The second-order valence-corrected chi connectivity index (χ2v) is 5.65. The fourth-order valence-electron chi connectivity index (χ4n) is 3.05. The molecule has 0 radical (unpaired) electrons. The number of rotatable bonds is 3. The summed E-state index contributed by atoms with van der Waals surface area (Å²) in [5.41, 5.74) is 1.01. The molecule has 2 aliphatic heterocycles. The van der Waals surface area contributed by atoms with Crippen molar-refractivity contribution in [1.82, 2.24) is 10.2 Å². The van der Waals surface area contributed by atoms with Gasteiger partial charge >= 0.3 is 0 Å². The maximum atomic E-state index is 12.1. The van der Waals surface area contributed by atoms with Crippen molar-refractivity contribution in [2.45, 2.75) is 25.0 Å². The van der Waals surface area contributed by atoms with Crippen LogP contribution in [0.4, 0.5) is 0 Å². The average molecular weight is 285 g/mol. The number of benzene rings is 1. The minimum atomic E-state index is -0.153. The first-order chi connectivity index (χ1) is 10.3. The van der Waals surface area contributed by atoms with Gasteiger partial charge in [-0.1, -0.05) is 6.07 Å². The Balaban J connectivity index is 1.52. The zero-order valence-corrected chi connectivity index (χ0v) is 11.9. The van der Waals surface area contributed by atoms with Crippen molar-refractivity contribution in [3.63, 3.8) is 0 Å². The number of ether oxygens (including phenoxy) is 1. The van der Waals surface area contributed by atoms with E-state index in [0.29, 0.717) is 23.7 Å². The van der Waals surface area contributed by atoms with Crippen LogP contribution in [0.5, 0.6) is 0 Å². The van der Waals surface area contributed by atoms with Gasteiger partial charge in [0, 0.05) is 24.7 Å². The highest BCUT2D eigenvalue weighted by atomic mass is 16.5. The fourth-order valence-corrected chi connectivity index (χ4v) is 3.05. The molecule has 0 aromatic heterocycles. The number of carbonyl (C=O) groups is 1. The molecule has 2 aliphatic rings. The predicted molar refractivity (Wildman–Crippen MR) is 77.8 cm³/mol. The number of nitrogens with one attached hydrogen (secondary N) is 1. The van der Waals surface area contributed by atoms with Gasteiger partial charge in [0.1, 0.15) is 0 Å². The molecule has 1 aromatic rings. The maximum Gasteiger partial charge on any atom is 0.251 e. The Morgan fingerprint density at radius 1 is 1.52 bits per heavy atom. The summed E-state index contributed by atoms with van der Waals surface area (Å²) in [6.45, 7) is 3.31. The lowest BCUT2D eigenvalue weighted by Crippen LogP contribution is -2.50. The summed E-state index contributed by atoms with van der Waals surface area (Å²) < 4.78 is 5.81. The normalized spacial score (nSPS) is 25.1. The smallest absolute Gasteiger partial charge is 0.251 e. The van der Waals surface area contributed by atoms with Gasteiger partial charge in [0.15, 0.2) is 0 Å². The highest BCUT2D eigenvalue weighted by Crippen LogP contribution is 2.22. The molecule has 1 N–H and O–H groups in total. The minimum Gasteiger partial charge on any atom is -0.373 e. The van der Waals surface area contributed by atoms with Crippen LogP contribution in [0.2, 0.25) is 0 Å². The first-order valence-corrected chi connectivity index (χ1v) is 7.40. The van der Waals surface area contributed by atoms with Gasteiger partial charge in [-0.15, -0.1) is 0 Å². The monoisotopic (exact) mass is 285 g/mol. The molecule has 21 heavy (non-hydrogen) atoms. The van der Waals surface area contributed by atoms with Gasteiger partial charge in [-0.2, -0.15) is 5.26 Å². The molecule has 2 saturated heterocycles. The van der Waals surface area contributed by atoms with E-state index in [9.17, 15) is 4.79 Å². The largest absolute Gasteiger partial charge is 0.373 e. The summed E-state index contributed by atoms with van der Waals surface area (Å²) in [5, 5.41) is 11.8. The van der Waals surface area contributed by atoms with E-state index in [1.54, 1.807) is 24.3 Å². The topological polar surface area (TPSA) is 65.4 Å². The second kappa shape index (κ2) is 6.25. The number of carbonyl (C=O) groups excluding carboxylic acids is 1. The molecule has 2 heterocycles. The van der Waals surface area contributed by atoms with Crippen molar-refractivity contribution in [2.75, 3.05) is 26.2 Å². The van der Waals surface area contributed by atoms with Crippen molar-refractivity contribution in [1.29, 1.82) is 5.26 Å². The van der Waals surface area contributed by atoms with Crippen LogP contribution in [0.15, 0.2) is 24.3 Å². The number of nitrogens with zero attached hydrogens (tertiary/aromatic N) is 2. The van der Waals surface area contributed by atoms with E-state index in [4.69, 9.17) is 10.00 Å². The fraction of sp³-hybridized carbons (Fsp3) is 0.500. The molecule has 1 amide bonds. The van der Waals surface area contributed by atoms with Crippen LogP contribution in [-0.2, 0) is 4.74 Å². The van der Waals surface area contributed by atoms with E-state index in [-0.39, 0.29) is 12.0 Å². The van der Waals surface area contributed by atoms with Gasteiger partial charge in [0.05, 0.1) is 24.3 Å². The molecule has 2 atom stereocenters. The maximum absolute atomic E-state index is 12.1. The first-order valence-electron chi connectivity index (χ1n) is 7.40. The van der Waals surface area contributed by atoms with E-state index in [0.717, 1.165) is 19.7 Å². The number of amides is 1. The second-order valence-electron chi connectivity index (χ2n) is 5.65. The van der Waals surface area contributed by atoms with Crippen LogP contribution in [-0.4, -0.2) is 49.2 Å². The number of fused-ring (bicyclic) bond motifs is 1. The third kappa shape index (κ3) is 3.23. The van der Waals surface area contributed by atoms with Gasteiger partial charge in [0.25, 0.3) is 5.91 Å². The van der Waals surface area contributed by atoms with E-state index in [1.807, 2.05) is 6.07 Å². The number of morpholine rings is 1. The Morgan fingerprint density at radius 2 is 2.43 bits per heavy atom. The molecule has 5 heteroatoms. The van der Waals surface area contributed by atoms with Gasteiger partial charge < -0.3 is 10.1 Å². The average Bonchev–Trinajstić information content (AvgIpc) is 3.00. The summed E-state index contributed by atoms with van der Waals surface area (Å²) in [7, 11) is 0. The van der Waals surface area contributed by atoms with Crippen molar-refractivity contribution in [3.05, 3.63) is 35.4 Å². The lowest BCUT2D eigenvalue weighted by molar-refractivity contribution is -0.0461. The summed E-state index contributed by atoms with van der Waals surface area (Å²) in [6.07, 6.45) is 2.52. The molecule has 0 bridgehead atoms. The Labute approximate surface area is 124 Å². The third-order valence-corrected chi connectivity index (χ3v) is 4.21. The molecular weight excluding hydrogens is 266 g/mol. The van der Waals surface area contributed by atoms with Crippen LogP contribution >= 0.6 is 0 Å². The van der Waals surface area contributed by atoms with Crippen molar-refractivity contribution in [2.24, 2.45) is 0 Å². The molecule has 0 spiro atoms. The molecule has 1 aromatic carbocycles. The van der Waals surface area contributed by atoms with Crippen molar-refractivity contribution >= 4 is 5.91 Å². The molecule has 110 valence electrons. The van der Waals surface area contributed by atoms with E-state index in [1.165, 1.54) is 12.8 Å². The molecular formula is C16H19N3O2. The Bertz CT molecular complexity index is 567. The van der Waals surface area contributed by atoms with Gasteiger partial charge in [-0.05, 0) is 37.6 Å². The van der Waals surface area contributed by atoms with Crippen molar-refractivity contribution in [3.8, 4) is 6.07 Å². The molecule has 0 unspecified atom stereocenters. The summed E-state index contributed by atoms with van der Waals surface area (Å²) >= 11 is 0. The summed E-state index contributed by atoms with van der Waals surface area (Å²) in [5.74, 6) is -0.153. The van der Waals surface area contributed by atoms with E-state index < -0.39 is 0 Å². The SMILES string of the molecule is N#Cc1cccc(C(=O)NC[C@H]2CN3CCC[C@H]3CO2)c1. The first kappa shape index (κ1) is 14.1. The standard InChI is InChI=1S/C16H19N3O2/c17-8-12-3-1-4-13(7-12)16(20)18-9-15-10-19-6-2-5-14(19)11-21-15/h1,3-4,7,14-15H,2,5-6,9-11H2,(H,18,20)/t14-,15-/m0/s1. The molecule has 2 fully saturated rings. The Kier molecular flexibility index (Phi) is 4.18. The lowest BCUT2D eigenvalue weighted by atomic mass is 10.1. The van der Waals surface area contributed by atoms with Crippen LogP contribution in [0.25, 0.3) is 0 Å². The molecule has 5 nitrogen and oxygen atoms in total. The highest BCUT2D eigenvalue weighted by molar-refractivity contribution is 5.94. The molecule has 0 saturated carbocycles. The lowest BCUT2D eigenvalue weighted by Gasteiger charge is -2.35. The summed E-state index contributed by atoms with van der Waals surface area (Å²) in [4.78, 5) is 14.5. The van der Waals surface area contributed by atoms with Gasteiger partial charge in [-0.3, -0.25) is 9.69 Å². The minimum absolute atomic E-state index is 0.0578. The zero-order valence-electron chi connectivity index (χ0n) is 11.9. The Hall–Kier alpha value is -1.90. The van der Waals surface area contributed by atoms with Crippen LogP contribution in [0.1, 0.15) is 28.8 Å². The Morgan fingerprint density at radius 3 is 3.29 bits per heavy atom. The van der Waals surface area contributed by atoms with Gasteiger partial charge in [-0.25, -0.2) is 0 Å². The predicted octanol–water partition coefficient (Wildman–Crippen LogP) is 1.15. The summed E-state index contributed by atoms with van der Waals surface area (Å²) in [6, 6.07) is 9.35. The van der Waals surface area contributed by atoms with E-state index in [2.05, 4.69) is 10.2 Å². The number of nitriles is 1. The van der Waals surface area contributed by atoms with Crippen molar-refractivity contribution < 1.29 is 9.53 Å². The number of hydrogen-bond donors (Lipinski definition) is 1. The third-order valence-electron chi connectivity index (χ3n) is 4.21. The van der Waals surface area contributed by atoms with Crippen LogP contribution < -0.4 is 5.32 Å². The quantitative estimate of drug-likeness (QED) is 0.905. The van der Waals surface area contributed by atoms with Gasteiger partial charge in [0.2, 0.25) is 0 Å². The molecule has 3 rings (SSSR count). The molecule has 0 aliphatic carbocycles. The highest BCUT2D eigenvalue weighted by Gasteiger charge is 2.32.